The number of amides is 2. The van der Waals surface area contributed by atoms with Crippen molar-refractivity contribution >= 4 is 29.0 Å². The molecule has 0 aliphatic heterocycles. The van der Waals surface area contributed by atoms with Gasteiger partial charge in [-0.25, -0.2) is 0 Å². The summed E-state index contributed by atoms with van der Waals surface area (Å²) in [6.45, 7) is 3.45. The highest BCUT2D eigenvalue weighted by molar-refractivity contribution is 6.07. The highest BCUT2D eigenvalue weighted by Crippen LogP contribution is 2.14. The molecule has 3 aromatic rings. The van der Waals surface area contributed by atoms with Gasteiger partial charge in [0, 0.05) is 28.1 Å². The summed E-state index contributed by atoms with van der Waals surface area (Å²) in [4.78, 5) is 36.0. The Morgan fingerprint density at radius 1 is 0.643 bits per heavy atom. The largest absolute Gasteiger partial charge is 0.322 e. The van der Waals surface area contributed by atoms with Crippen LogP contribution in [0.15, 0.2) is 72.8 Å². The molecule has 3 rings (SSSR count). The van der Waals surface area contributed by atoms with Gasteiger partial charge >= 0.3 is 0 Å². The molecule has 0 radical (unpaired) electrons. The lowest BCUT2D eigenvalue weighted by molar-refractivity contribution is 0.101. The first-order valence-electron chi connectivity index (χ1n) is 8.83. The lowest BCUT2D eigenvalue weighted by Gasteiger charge is -2.08. The smallest absolute Gasteiger partial charge is 0.255 e. The van der Waals surface area contributed by atoms with Crippen molar-refractivity contribution < 1.29 is 14.4 Å². The van der Waals surface area contributed by atoms with Gasteiger partial charge in [0.05, 0.1) is 0 Å². The quantitative estimate of drug-likeness (QED) is 0.637. The molecule has 0 aliphatic rings. The molecule has 5 heteroatoms. The Hall–Kier alpha value is -3.73. The molecule has 0 atom stereocenters. The SMILES string of the molecule is CC(=O)c1ccc(NC(=O)c2ccc(C(=O)Nc3cccc(C)c3)cc2)cc1. The van der Waals surface area contributed by atoms with Crippen LogP contribution in [-0.4, -0.2) is 17.6 Å². The van der Waals surface area contributed by atoms with Crippen LogP contribution in [0.1, 0.15) is 43.6 Å². The molecule has 140 valence electrons. The van der Waals surface area contributed by atoms with Crippen molar-refractivity contribution in [2.45, 2.75) is 13.8 Å². The van der Waals surface area contributed by atoms with Crippen molar-refractivity contribution in [3.05, 3.63) is 95.1 Å². The van der Waals surface area contributed by atoms with Crippen LogP contribution in [0, 0.1) is 6.92 Å². The molecule has 28 heavy (non-hydrogen) atoms. The molecular formula is C23H20N2O3. The molecule has 0 unspecified atom stereocenters. The highest BCUT2D eigenvalue weighted by Gasteiger charge is 2.10. The van der Waals surface area contributed by atoms with E-state index in [0.717, 1.165) is 11.3 Å². The zero-order chi connectivity index (χ0) is 20.1. The monoisotopic (exact) mass is 372 g/mol. The first-order valence-corrected chi connectivity index (χ1v) is 8.83. The van der Waals surface area contributed by atoms with E-state index in [2.05, 4.69) is 10.6 Å². The number of Topliss-reactive ketones (excluding diaryl/α,β-unsaturated/α-hetero) is 1. The summed E-state index contributed by atoms with van der Waals surface area (Å²) < 4.78 is 0. The van der Waals surface area contributed by atoms with E-state index in [4.69, 9.17) is 0 Å². The van der Waals surface area contributed by atoms with E-state index in [1.165, 1.54) is 6.92 Å². The van der Waals surface area contributed by atoms with Gasteiger partial charge in [0.15, 0.2) is 5.78 Å². The van der Waals surface area contributed by atoms with Gasteiger partial charge in [-0.1, -0.05) is 12.1 Å². The van der Waals surface area contributed by atoms with Gasteiger partial charge in [0.2, 0.25) is 0 Å². The van der Waals surface area contributed by atoms with E-state index < -0.39 is 0 Å². The Kier molecular flexibility index (Phi) is 5.65. The number of rotatable bonds is 5. The fourth-order valence-corrected chi connectivity index (χ4v) is 2.69. The number of aryl methyl sites for hydroxylation is 1. The first-order chi connectivity index (χ1) is 13.4. The predicted molar refractivity (Wildman–Crippen MR) is 110 cm³/mol. The van der Waals surface area contributed by atoms with Gasteiger partial charge in [-0.15, -0.1) is 0 Å². The number of ketones is 1. The van der Waals surface area contributed by atoms with Crippen LogP contribution in [0.2, 0.25) is 0 Å². The van der Waals surface area contributed by atoms with E-state index in [-0.39, 0.29) is 17.6 Å². The molecule has 0 bridgehead atoms. The summed E-state index contributed by atoms with van der Waals surface area (Å²) in [6.07, 6.45) is 0. The summed E-state index contributed by atoms with van der Waals surface area (Å²) >= 11 is 0. The standard InChI is InChI=1S/C23H20N2O3/c1-15-4-3-5-21(14-15)25-23(28)19-8-6-18(7-9-19)22(27)24-20-12-10-17(11-13-20)16(2)26/h3-14H,1-2H3,(H,24,27)(H,25,28). The molecular weight excluding hydrogens is 352 g/mol. The topological polar surface area (TPSA) is 75.3 Å². The number of carbonyl (C=O) groups is 3. The molecule has 3 aromatic carbocycles. The molecule has 0 saturated heterocycles. The third kappa shape index (κ3) is 4.71. The van der Waals surface area contributed by atoms with Crippen LogP contribution in [0.5, 0.6) is 0 Å². The highest BCUT2D eigenvalue weighted by atomic mass is 16.2. The normalized spacial score (nSPS) is 10.2. The average molecular weight is 372 g/mol. The second-order valence-corrected chi connectivity index (χ2v) is 6.49. The number of anilines is 2. The Morgan fingerprint density at radius 2 is 1.14 bits per heavy atom. The maximum atomic E-state index is 12.4. The Balaban J connectivity index is 1.65. The van der Waals surface area contributed by atoms with Gasteiger partial charge < -0.3 is 10.6 Å². The van der Waals surface area contributed by atoms with Crippen molar-refractivity contribution in [1.29, 1.82) is 0 Å². The Labute approximate surface area is 163 Å². The maximum Gasteiger partial charge on any atom is 0.255 e. The Morgan fingerprint density at radius 3 is 1.64 bits per heavy atom. The minimum absolute atomic E-state index is 0.0302. The third-order valence-corrected chi connectivity index (χ3v) is 4.23. The molecule has 0 saturated carbocycles. The van der Waals surface area contributed by atoms with Crippen LogP contribution < -0.4 is 10.6 Å². The summed E-state index contributed by atoms with van der Waals surface area (Å²) in [5.41, 5.74) is 3.85. The molecule has 5 nitrogen and oxygen atoms in total. The fourth-order valence-electron chi connectivity index (χ4n) is 2.69. The van der Waals surface area contributed by atoms with Gasteiger partial charge in [0.25, 0.3) is 11.8 Å². The zero-order valence-electron chi connectivity index (χ0n) is 15.7. The van der Waals surface area contributed by atoms with Gasteiger partial charge in [0.1, 0.15) is 0 Å². The van der Waals surface area contributed by atoms with Crippen molar-refractivity contribution in [3.63, 3.8) is 0 Å². The van der Waals surface area contributed by atoms with Crippen LogP contribution in [0.25, 0.3) is 0 Å². The summed E-state index contributed by atoms with van der Waals surface area (Å²) in [5, 5.41) is 5.60. The number of nitrogens with one attached hydrogen (secondary N) is 2. The minimum atomic E-state index is -0.291. The van der Waals surface area contributed by atoms with E-state index in [1.807, 2.05) is 31.2 Å². The van der Waals surface area contributed by atoms with E-state index in [9.17, 15) is 14.4 Å². The Bertz CT molecular complexity index is 1020. The third-order valence-electron chi connectivity index (χ3n) is 4.23. The molecule has 2 N–H and O–H groups in total. The molecule has 0 spiro atoms. The summed E-state index contributed by atoms with van der Waals surface area (Å²) in [5.74, 6) is -0.559. The lowest BCUT2D eigenvalue weighted by atomic mass is 10.1. The van der Waals surface area contributed by atoms with Crippen molar-refractivity contribution in [3.8, 4) is 0 Å². The van der Waals surface area contributed by atoms with E-state index in [1.54, 1.807) is 48.5 Å². The molecule has 0 aliphatic carbocycles. The minimum Gasteiger partial charge on any atom is -0.322 e. The van der Waals surface area contributed by atoms with Gasteiger partial charge in [-0.3, -0.25) is 14.4 Å². The van der Waals surface area contributed by atoms with Crippen LogP contribution in [-0.2, 0) is 0 Å². The number of hydrogen-bond donors (Lipinski definition) is 2. The molecule has 2 amide bonds. The maximum absolute atomic E-state index is 12.4. The average Bonchev–Trinajstić information content (AvgIpc) is 2.68. The summed E-state index contributed by atoms with van der Waals surface area (Å²) in [6, 6.07) is 20.6. The van der Waals surface area contributed by atoms with Gasteiger partial charge in [-0.05, 0) is 80.1 Å². The lowest BCUT2D eigenvalue weighted by Crippen LogP contribution is -2.14. The first kappa shape index (κ1) is 19.0. The zero-order valence-corrected chi connectivity index (χ0v) is 15.7. The van der Waals surface area contributed by atoms with E-state index >= 15 is 0 Å². The second-order valence-electron chi connectivity index (χ2n) is 6.49. The van der Waals surface area contributed by atoms with Crippen molar-refractivity contribution in [2.75, 3.05) is 10.6 Å². The van der Waals surface area contributed by atoms with Crippen molar-refractivity contribution in [2.24, 2.45) is 0 Å². The molecule has 0 fully saturated rings. The molecule has 0 heterocycles. The van der Waals surface area contributed by atoms with Gasteiger partial charge in [-0.2, -0.15) is 0 Å². The van der Waals surface area contributed by atoms with E-state index in [0.29, 0.717) is 22.4 Å². The second kappa shape index (κ2) is 8.31. The van der Waals surface area contributed by atoms with Crippen LogP contribution in [0.4, 0.5) is 11.4 Å². The predicted octanol–water partition coefficient (Wildman–Crippen LogP) is 4.70. The summed E-state index contributed by atoms with van der Waals surface area (Å²) in [7, 11) is 0. The van der Waals surface area contributed by atoms with Crippen molar-refractivity contribution in [1.82, 2.24) is 0 Å². The molecule has 0 aromatic heterocycles. The number of benzene rings is 3. The number of hydrogen-bond acceptors (Lipinski definition) is 3. The fraction of sp³-hybridized carbons (Fsp3) is 0.0870. The van der Waals surface area contributed by atoms with Crippen LogP contribution >= 0.6 is 0 Å². The van der Waals surface area contributed by atoms with Crippen LogP contribution in [0.3, 0.4) is 0 Å². The number of carbonyl (C=O) groups excluding carboxylic acids is 3.